The van der Waals surface area contributed by atoms with Crippen molar-refractivity contribution in [3.05, 3.63) is 59.1 Å². The highest BCUT2D eigenvalue weighted by Gasteiger charge is 2.22. The van der Waals surface area contributed by atoms with Crippen molar-refractivity contribution in [3.63, 3.8) is 0 Å². The van der Waals surface area contributed by atoms with E-state index in [1.165, 1.54) is 0 Å². The molecule has 0 spiro atoms. The molecule has 23 heavy (non-hydrogen) atoms. The summed E-state index contributed by atoms with van der Waals surface area (Å²) in [5.41, 5.74) is 2.79. The highest BCUT2D eigenvalue weighted by Crippen LogP contribution is 2.28. The molecule has 0 aliphatic carbocycles. The van der Waals surface area contributed by atoms with Gasteiger partial charge in [0.05, 0.1) is 16.3 Å². The van der Waals surface area contributed by atoms with Gasteiger partial charge in [-0.1, -0.05) is 35.9 Å². The standard InChI is InChI=1S/C18H20ClN3O/c1-20-18(23)14-6-2-4-8-16(14)21-10-12-22(13-11-21)17-9-5-3-7-15(17)19/h2-9H,10-13H2,1H3,(H,20,23). The predicted molar refractivity (Wildman–Crippen MR) is 95.7 cm³/mol. The minimum Gasteiger partial charge on any atom is -0.367 e. The molecular weight excluding hydrogens is 310 g/mol. The Kier molecular flexibility index (Phi) is 4.72. The van der Waals surface area contributed by atoms with Gasteiger partial charge in [-0.15, -0.1) is 0 Å². The fraction of sp³-hybridized carbons (Fsp3) is 0.278. The van der Waals surface area contributed by atoms with Crippen LogP contribution in [0.15, 0.2) is 48.5 Å². The predicted octanol–water partition coefficient (Wildman–Crippen LogP) is 3.03. The van der Waals surface area contributed by atoms with Crippen molar-refractivity contribution in [1.29, 1.82) is 0 Å². The van der Waals surface area contributed by atoms with E-state index in [0.29, 0.717) is 0 Å². The summed E-state index contributed by atoms with van der Waals surface area (Å²) in [7, 11) is 1.66. The Morgan fingerprint density at radius 3 is 2.04 bits per heavy atom. The molecule has 1 N–H and O–H groups in total. The van der Waals surface area contributed by atoms with Crippen LogP contribution in [0.4, 0.5) is 11.4 Å². The van der Waals surface area contributed by atoms with Crippen LogP contribution in [0, 0.1) is 0 Å². The van der Waals surface area contributed by atoms with Crippen molar-refractivity contribution in [2.75, 3.05) is 43.0 Å². The minimum atomic E-state index is -0.0471. The molecule has 1 aliphatic heterocycles. The van der Waals surface area contributed by atoms with E-state index in [0.717, 1.165) is 48.1 Å². The number of para-hydroxylation sites is 2. The number of carbonyl (C=O) groups excluding carboxylic acids is 1. The zero-order valence-corrected chi connectivity index (χ0v) is 13.9. The van der Waals surface area contributed by atoms with Gasteiger partial charge in [0.15, 0.2) is 0 Å². The van der Waals surface area contributed by atoms with Crippen LogP contribution in [0.3, 0.4) is 0 Å². The van der Waals surface area contributed by atoms with Crippen molar-refractivity contribution in [2.45, 2.75) is 0 Å². The van der Waals surface area contributed by atoms with E-state index < -0.39 is 0 Å². The maximum atomic E-state index is 12.0. The Morgan fingerprint density at radius 2 is 1.43 bits per heavy atom. The van der Waals surface area contributed by atoms with Crippen molar-refractivity contribution in [3.8, 4) is 0 Å². The molecule has 0 aromatic heterocycles. The summed E-state index contributed by atoms with van der Waals surface area (Å²) in [6.45, 7) is 3.48. The monoisotopic (exact) mass is 329 g/mol. The number of carbonyl (C=O) groups is 1. The smallest absolute Gasteiger partial charge is 0.253 e. The van der Waals surface area contributed by atoms with E-state index in [4.69, 9.17) is 11.6 Å². The first-order chi connectivity index (χ1) is 11.2. The maximum absolute atomic E-state index is 12.0. The summed E-state index contributed by atoms with van der Waals surface area (Å²) < 4.78 is 0. The van der Waals surface area contributed by atoms with Gasteiger partial charge in [0, 0.05) is 38.9 Å². The molecule has 0 atom stereocenters. The molecule has 1 fully saturated rings. The van der Waals surface area contributed by atoms with Gasteiger partial charge in [-0.25, -0.2) is 0 Å². The second-order valence-corrected chi connectivity index (χ2v) is 5.93. The molecule has 1 amide bonds. The minimum absolute atomic E-state index is 0.0471. The van der Waals surface area contributed by atoms with E-state index in [1.807, 2.05) is 42.5 Å². The molecule has 0 bridgehead atoms. The molecule has 2 aromatic carbocycles. The normalized spacial score (nSPS) is 14.7. The first-order valence-corrected chi connectivity index (χ1v) is 8.14. The number of benzene rings is 2. The quantitative estimate of drug-likeness (QED) is 0.940. The molecule has 1 saturated heterocycles. The highest BCUT2D eigenvalue weighted by atomic mass is 35.5. The summed E-state index contributed by atoms with van der Waals surface area (Å²) >= 11 is 6.29. The third kappa shape index (κ3) is 3.27. The summed E-state index contributed by atoms with van der Waals surface area (Å²) in [5.74, 6) is -0.0471. The van der Waals surface area contributed by atoms with Gasteiger partial charge in [0.2, 0.25) is 0 Å². The van der Waals surface area contributed by atoms with Crippen molar-refractivity contribution >= 4 is 28.9 Å². The molecule has 0 saturated carbocycles. The van der Waals surface area contributed by atoms with Crippen LogP contribution in [0.2, 0.25) is 5.02 Å². The van der Waals surface area contributed by atoms with Gasteiger partial charge in [-0.05, 0) is 24.3 Å². The Morgan fingerprint density at radius 1 is 0.913 bits per heavy atom. The molecule has 5 heteroatoms. The van der Waals surface area contributed by atoms with Crippen molar-refractivity contribution < 1.29 is 4.79 Å². The number of hydrogen-bond acceptors (Lipinski definition) is 3. The number of hydrogen-bond donors (Lipinski definition) is 1. The Hall–Kier alpha value is -2.20. The summed E-state index contributed by atoms with van der Waals surface area (Å²) in [6, 6.07) is 15.7. The average molecular weight is 330 g/mol. The van der Waals surface area contributed by atoms with Crippen LogP contribution < -0.4 is 15.1 Å². The number of amides is 1. The second-order valence-electron chi connectivity index (χ2n) is 5.52. The van der Waals surface area contributed by atoms with Crippen LogP contribution >= 0.6 is 11.6 Å². The number of nitrogens with one attached hydrogen (secondary N) is 1. The van der Waals surface area contributed by atoms with E-state index in [9.17, 15) is 4.79 Å². The molecule has 1 aliphatic rings. The largest absolute Gasteiger partial charge is 0.367 e. The SMILES string of the molecule is CNC(=O)c1ccccc1N1CCN(c2ccccc2Cl)CC1. The maximum Gasteiger partial charge on any atom is 0.253 e. The number of halogens is 1. The molecule has 1 heterocycles. The fourth-order valence-corrected chi connectivity index (χ4v) is 3.23. The van der Waals surface area contributed by atoms with E-state index >= 15 is 0 Å². The molecule has 3 rings (SSSR count). The van der Waals surface area contributed by atoms with Gasteiger partial charge >= 0.3 is 0 Å². The summed E-state index contributed by atoms with van der Waals surface area (Å²) in [4.78, 5) is 16.6. The van der Waals surface area contributed by atoms with Crippen molar-refractivity contribution in [2.24, 2.45) is 0 Å². The second kappa shape index (κ2) is 6.92. The van der Waals surface area contributed by atoms with Gasteiger partial charge in [0.1, 0.15) is 0 Å². The first kappa shape index (κ1) is 15.7. The molecular formula is C18H20ClN3O. The highest BCUT2D eigenvalue weighted by molar-refractivity contribution is 6.33. The average Bonchev–Trinajstić information content (AvgIpc) is 2.62. The lowest BCUT2D eigenvalue weighted by molar-refractivity contribution is 0.0963. The Bertz CT molecular complexity index is 696. The number of nitrogens with zero attached hydrogens (tertiary/aromatic N) is 2. The zero-order valence-electron chi connectivity index (χ0n) is 13.1. The van der Waals surface area contributed by atoms with Crippen LogP contribution in [0.25, 0.3) is 0 Å². The fourth-order valence-electron chi connectivity index (χ4n) is 2.97. The lowest BCUT2D eigenvalue weighted by Gasteiger charge is -2.38. The number of rotatable bonds is 3. The Labute approximate surface area is 141 Å². The zero-order chi connectivity index (χ0) is 16.2. The van der Waals surface area contributed by atoms with Gasteiger partial charge < -0.3 is 15.1 Å². The van der Waals surface area contributed by atoms with Crippen LogP contribution in [0.5, 0.6) is 0 Å². The van der Waals surface area contributed by atoms with Gasteiger partial charge in [-0.2, -0.15) is 0 Å². The lowest BCUT2D eigenvalue weighted by atomic mass is 10.1. The molecule has 0 radical (unpaired) electrons. The molecule has 2 aromatic rings. The van der Waals surface area contributed by atoms with E-state index in [-0.39, 0.29) is 5.91 Å². The lowest BCUT2D eigenvalue weighted by Crippen LogP contribution is -2.47. The summed E-state index contributed by atoms with van der Waals surface area (Å²) in [6.07, 6.45) is 0. The Balaban J connectivity index is 1.75. The molecule has 4 nitrogen and oxygen atoms in total. The van der Waals surface area contributed by atoms with Crippen LogP contribution in [-0.2, 0) is 0 Å². The van der Waals surface area contributed by atoms with Gasteiger partial charge in [-0.3, -0.25) is 4.79 Å². The van der Waals surface area contributed by atoms with Crippen LogP contribution in [-0.4, -0.2) is 39.1 Å². The first-order valence-electron chi connectivity index (χ1n) is 7.76. The third-order valence-electron chi connectivity index (χ3n) is 4.19. The van der Waals surface area contributed by atoms with Crippen LogP contribution in [0.1, 0.15) is 10.4 Å². The molecule has 0 unspecified atom stereocenters. The number of piperazine rings is 1. The topological polar surface area (TPSA) is 35.6 Å². The summed E-state index contributed by atoms with van der Waals surface area (Å²) in [5, 5.41) is 3.49. The van der Waals surface area contributed by atoms with Gasteiger partial charge in [0.25, 0.3) is 5.91 Å². The van der Waals surface area contributed by atoms with Crippen molar-refractivity contribution in [1.82, 2.24) is 5.32 Å². The third-order valence-corrected chi connectivity index (χ3v) is 4.51. The van der Waals surface area contributed by atoms with E-state index in [2.05, 4.69) is 21.2 Å². The molecule has 120 valence electrons. The van der Waals surface area contributed by atoms with E-state index in [1.54, 1.807) is 7.05 Å². The number of anilines is 2.